The summed E-state index contributed by atoms with van der Waals surface area (Å²) < 4.78 is 6.98. The van der Waals surface area contributed by atoms with Gasteiger partial charge in [0.05, 0.1) is 18.1 Å². The van der Waals surface area contributed by atoms with E-state index in [-0.39, 0.29) is 28.4 Å². The van der Waals surface area contributed by atoms with Gasteiger partial charge in [-0.2, -0.15) is 0 Å². The predicted molar refractivity (Wildman–Crippen MR) is 105 cm³/mol. The molecule has 0 radical (unpaired) electrons. The number of anilines is 1. The van der Waals surface area contributed by atoms with Crippen molar-refractivity contribution >= 4 is 17.2 Å². The van der Waals surface area contributed by atoms with E-state index in [9.17, 15) is 14.9 Å². The van der Waals surface area contributed by atoms with Crippen LogP contribution in [0, 0.1) is 10.1 Å². The number of nitrogens with zero attached hydrogens (tertiary/aromatic N) is 4. The van der Waals surface area contributed by atoms with Gasteiger partial charge in [-0.25, -0.2) is 4.98 Å². The van der Waals surface area contributed by atoms with Crippen LogP contribution in [0.3, 0.4) is 0 Å². The van der Waals surface area contributed by atoms with Gasteiger partial charge in [0, 0.05) is 56.2 Å². The Kier molecular flexibility index (Phi) is 5.76. The number of aryl methyl sites for hydroxylation is 1. The van der Waals surface area contributed by atoms with Gasteiger partial charge in [-0.05, 0) is 26.0 Å². The zero-order valence-corrected chi connectivity index (χ0v) is 16.3. The lowest BCUT2D eigenvalue weighted by atomic mass is 10.0. The predicted octanol–water partition coefficient (Wildman–Crippen LogP) is 2.08. The fourth-order valence-electron chi connectivity index (χ4n) is 3.28. The van der Waals surface area contributed by atoms with Crippen molar-refractivity contribution in [2.45, 2.75) is 19.4 Å². The number of nitro benzene ring substituents is 1. The average molecular weight is 387 g/mol. The number of ether oxygens (including phenoxy) is 1. The van der Waals surface area contributed by atoms with Crippen LogP contribution < -0.4 is 5.32 Å². The summed E-state index contributed by atoms with van der Waals surface area (Å²) in [5.74, 6) is -0.112. The Bertz CT molecular complexity index is 871. The van der Waals surface area contributed by atoms with E-state index in [4.69, 9.17) is 4.74 Å². The average Bonchev–Trinajstić information content (AvgIpc) is 3.12. The SMILES string of the molecule is Cn1ccnc1C(=O)c1ccc(NCC(C)(C)N2CCOCC2)c([N+](=O)[O-])c1. The minimum Gasteiger partial charge on any atom is -0.379 e. The number of hydrogen-bond acceptors (Lipinski definition) is 7. The number of benzene rings is 1. The van der Waals surface area contributed by atoms with Gasteiger partial charge in [0.1, 0.15) is 5.69 Å². The standard InChI is InChI=1S/C19H25N5O4/c1-19(2,23-8-10-28-11-9-23)13-21-15-5-4-14(12-16(15)24(26)27)17(25)18-20-6-7-22(18)3/h4-7,12,21H,8-11,13H2,1-3H3. The summed E-state index contributed by atoms with van der Waals surface area (Å²) in [6.45, 7) is 7.75. The molecule has 0 saturated carbocycles. The Morgan fingerprint density at radius 3 is 2.68 bits per heavy atom. The van der Waals surface area contributed by atoms with Gasteiger partial charge in [-0.1, -0.05) is 0 Å². The molecule has 1 fully saturated rings. The van der Waals surface area contributed by atoms with Gasteiger partial charge in [0.25, 0.3) is 5.69 Å². The van der Waals surface area contributed by atoms with Gasteiger partial charge in [-0.3, -0.25) is 19.8 Å². The van der Waals surface area contributed by atoms with Crippen molar-refractivity contribution in [1.29, 1.82) is 0 Å². The van der Waals surface area contributed by atoms with E-state index in [1.807, 2.05) is 0 Å². The van der Waals surface area contributed by atoms with E-state index < -0.39 is 4.92 Å². The number of ketones is 1. The Labute approximate surface area is 163 Å². The highest BCUT2D eigenvalue weighted by Crippen LogP contribution is 2.28. The van der Waals surface area contributed by atoms with Gasteiger partial charge >= 0.3 is 0 Å². The first-order chi connectivity index (χ1) is 13.3. The third-order valence-electron chi connectivity index (χ3n) is 5.06. The van der Waals surface area contributed by atoms with Crippen molar-refractivity contribution in [2.24, 2.45) is 7.05 Å². The molecular weight excluding hydrogens is 362 g/mol. The molecule has 1 aliphatic heterocycles. The van der Waals surface area contributed by atoms with E-state index in [1.54, 1.807) is 29.9 Å². The quantitative estimate of drug-likeness (QED) is 0.441. The van der Waals surface area contributed by atoms with Crippen molar-refractivity contribution in [1.82, 2.24) is 14.5 Å². The number of nitro groups is 1. The minimum absolute atomic E-state index is 0.127. The molecule has 0 atom stereocenters. The fraction of sp³-hybridized carbons (Fsp3) is 0.474. The van der Waals surface area contributed by atoms with E-state index >= 15 is 0 Å². The summed E-state index contributed by atoms with van der Waals surface area (Å²) in [7, 11) is 1.71. The highest BCUT2D eigenvalue weighted by Gasteiger charge is 2.29. The molecule has 2 heterocycles. The molecule has 3 rings (SSSR count). The zero-order valence-electron chi connectivity index (χ0n) is 16.3. The van der Waals surface area contributed by atoms with Crippen LogP contribution in [-0.2, 0) is 11.8 Å². The molecule has 0 bridgehead atoms. The van der Waals surface area contributed by atoms with Crippen LogP contribution in [0.25, 0.3) is 0 Å². The molecule has 2 aromatic rings. The summed E-state index contributed by atoms with van der Waals surface area (Å²) in [6, 6.07) is 4.48. The summed E-state index contributed by atoms with van der Waals surface area (Å²) in [5, 5.41) is 14.8. The summed E-state index contributed by atoms with van der Waals surface area (Å²) in [4.78, 5) is 30.0. The zero-order chi connectivity index (χ0) is 20.3. The van der Waals surface area contributed by atoms with Crippen molar-refractivity contribution in [3.8, 4) is 0 Å². The van der Waals surface area contributed by atoms with Gasteiger partial charge in [-0.15, -0.1) is 0 Å². The molecule has 9 nitrogen and oxygen atoms in total. The number of imidazole rings is 1. The second-order valence-electron chi connectivity index (χ2n) is 7.45. The largest absolute Gasteiger partial charge is 0.379 e. The van der Waals surface area contributed by atoms with Crippen LogP contribution in [0.15, 0.2) is 30.6 Å². The second kappa shape index (κ2) is 8.07. The number of carbonyl (C=O) groups is 1. The van der Waals surface area contributed by atoms with E-state index in [0.717, 1.165) is 13.1 Å². The van der Waals surface area contributed by atoms with Crippen LogP contribution in [0.5, 0.6) is 0 Å². The number of aromatic nitrogens is 2. The molecule has 1 saturated heterocycles. The third kappa shape index (κ3) is 4.20. The van der Waals surface area contributed by atoms with Crippen LogP contribution in [0.2, 0.25) is 0 Å². The Balaban J connectivity index is 1.79. The summed E-state index contributed by atoms with van der Waals surface area (Å²) in [5.41, 5.74) is 0.304. The lowest BCUT2D eigenvalue weighted by Gasteiger charge is -2.41. The molecule has 150 valence electrons. The second-order valence-corrected chi connectivity index (χ2v) is 7.45. The molecule has 1 N–H and O–H groups in total. The fourth-order valence-corrected chi connectivity index (χ4v) is 3.28. The molecule has 1 aromatic carbocycles. The normalized spacial score (nSPS) is 15.4. The van der Waals surface area contributed by atoms with Crippen molar-refractivity contribution in [2.75, 3.05) is 38.2 Å². The molecule has 9 heteroatoms. The van der Waals surface area contributed by atoms with E-state index in [0.29, 0.717) is 25.4 Å². The highest BCUT2D eigenvalue weighted by molar-refractivity contribution is 6.07. The maximum Gasteiger partial charge on any atom is 0.293 e. The van der Waals surface area contributed by atoms with Crippen LogP contribution >= 0.6 is 0 Å². The van der Waals surface area contributed by atoms with Gasteiger partial charge < -0.3 is 14.6 Å². The number of carbonyl (C=O) groups excluding carboxylic acids is 1. The summed E-state index contributed by atoms with van der Waals surface area (Å²) >= 11 is 0. The number of nitrogens with one attached hydrogen (secondary N) is 1. The van der Waals surface area contributed by atoms with Gasteiger partial charge in [0.2, 0.25) is 5.78 Å². The molecule has 0 aliphatic carbocycles. The Hall–Kier alpha value is -2.78. The van der Waals surface area contributed by atoms with Crippen LogP contribution in [0.1, 0.15) is 30.0 Å². The molecule has 1 aliphatic rings. The van der Waals surface area contributed by atoms with Crippen LogP contribution in [-0.4, -0.2) is 63.5 Å². The van der Waals surface area contributed by atoms with Crippen molar-refractivity contribution in [3.05, 3.63) is 52.1 Å². The van der Waals surface area contributed by atoms with Crippen LogP contribution in [0.4, 0.5) is 11.4 Å². The highest BCUT2D eigenvalue weighted by atomic mass is 16.6. The lowest BCUT2D eigenvalue weighted by Crippen LogP contribution is -2.53. The Morgan fingerprint density at radius 1 is 1.36 bits per heavy atom. The minimum atomic E-state index is -0.473. The molecule has 0 amide bonds. The third-order valence-corrected chi connectivity index (χ3v) is 5.06. The van der Waals surface area contributed by atoms with Gasteiger partial charge in [0.15, 0.2) is 5.82 Å². The number of hydrogen-bond donors (Lipinski definition) is 1. The maximum absolute atomic E-state index is 12.6. The van der Waals surface area contributed by atoms with E-state index in [1.165, 1.54) is 12.3 Å². The first-order valence-corrected chi connectivity index (χ1v) is 9.17. The monoisotopic (exact) mass is 387 g/mol. The number of rotatable bonds is 7. The maximum atomic E-state index is 12.6. The molecular formula is C19H25N5O4. The molecule has 28 heavy (non-hydrogen) atoms. The summed E-state index contributed by atoms with van der Waals surface area (Å²) in [6.07, 6.45) is 3.18. The van der Waals surface area contributed by atoms with E-state index in [2.05, 4.69) is 29.0 Å². The molecule has 0 spiro atoms. The lowest BCUT2D eigenvalue weighted by molar-refractivity contribution is -0.384. The Morgan fingerprint density at radius 2 is 2.07 bits per heavy atom. The molecule has 1 aromatic heterocycles. The van der Waals surface area contributed by atoms with Crippen molar-refractivity contribution in [3.63, 3.8) is 0 Å². The first kappa shape index (κ1) is 20.0. The smallest absolute Gasteiger partial charge is 0.293 e. The first-order valence-electron chi connectivity index (χ1n) is 9.17. The topological polar surface area (TPSA) is 103 Å². The molecule has 0 unspecified atom stereocenters. The number of morpholine rings is 1. The van der Waals surface area contributed by atoms with Crippen molar-refractivity contribution < 1.29 is 14.5 Å².